The van der Waals surface area contributed by atoms with E-state index in [4.69, 9.17) is 16.3 Å². The van der Waals surface area contributed by atoms with E-state index >= 15 is 0 Å². The Morgan fingerprint density at radius 2 is 2.44 bits per heavy atom. The van der Waals surface area contributed by atoms with E-state index in [1.54, 1.807) is 6.92 Å². The maximum Gasteiger partial charge on any atom is 0.343 e. The average molecular weight is 241 g/mol. The van der Waals surface area contributed by atoms with E-state index in [-0.39, 0.29) is 17.9 Å². The van der Waals surface area contributed by atoms with E-state index in [9.17, 15) is 9.90 Å². The first-order valence-corrected chi connectivity index (χ1v) is 5.04. The summed E-state index contributed by atoms with van der Waals surface area (Å²) in [7, 11) is 0. The number of rotatable bonds is 2. The van der Waals surface area contributed by atoms with Crippen molar-refractivity contribution in [1.82, 2.24) is 9.61 Å². The van der Waals surface area contributed by atoms with Crippen LogP contribution in [0.4, 0.5) is 0 Å². The lowest BCUT2D eigenvalue weighted by atomic mass is 10.2. The highest BCUT2D eigenvalue weighted by atomic mass is 35.5. The molecular formula is C10H9ClN2O3. The zero-order chi connectivity index (χ0) is 11.7. The van der Waals surface area contributed by atoms with E-state index in [0.29, 0.717) is 10.5 Å². The highest BCUT2D eigenvalue weighted by molar-refractivity contribution is 6.31. The van der Waals surface area contributed by atoms with Gasteiger partial charge in [0.1, 0.15) is 11.1 Å². The fourth-order valence-corrected chi connectivity index (χ4v) is 1.57. The summed E-state index contributed by atoms with van der Waals surface area (Å²) in [6.07, 6.45) is 2.78. The molecule has 1 N–H and O–H groups in total. The number of ether oxygens (including phenoxy) is 1. The number of carbonyl (C=O) groups is 1. The van der Waals surface area contributed by atoms with Gasteiger partial charge < -0.3 is 9.84 Å². The third kappa shape index (κ3) is 1.69. The molecule has 0 radical (unpaired) electrons. The third-order valence-corrected chi connectivity index (χ3v) is 2.28. The molecule has 2 aromatic heterocycles. The van der Waals surface area contributed by atoms with Gasteiger partial charge in [-0.15, -0.1) is 0 Å². The Balaban J connectivity index is 2.55. The number of esters is 1. The van der Waals surface area contributed by atoms with Crippen molar-refractivity contribution in [3.05, 3.63) is 29.0 Å². The van der Waals surface area contributed by atoms with Crippen LogP contribution in [0.5, 0.6) is 5.75 Å². The van der Waals surface area contributed by atoms with E-state index in [1.807, 2.05) is 0 Å². The van der Waals surface area contributed by atoms with Crippen molar-refractivity contribution in [2.75, 3.05) is 6.61 Å². The molecule has 0 atom stereocenters. The van der Waals surface area contributed by atoms with Crippen molar-refractivity contribution in [2.45, 2.75) is 6.92 Å². The summed E-state index contributed by atoms with van der Waals surface area (Å²) in [6, 6.07) is 1.52. The quantitative estimate of drug-likeness (QED) is 0.814. The fourth-order valence-electron chi connectivity index (χ4n) is 1.37. The van der Waals surface area contributed by atoms with Crippen molar-refractivity contribution in [3.8, 4) is 5.75 Å². The van der Waals surface area contributed by atoms with Crippen LogP contribution in [0, 0.1) is 0 Å². The molecule has 0 saturated heterocycles. The van der Waals surface area contributed by atoms with Crippen molar-refractivity contribution >= 4 is 23.1 Å². The molecular weight excluding hydrogens is 232 g/mol. The molecule has 0 saturated carbocycles. The maximum absolute atomic E-state index is 11.5. The van der Waals surface area contributed by atoms with Crippen LogP contribution in [0.15, 0.2) is 18.5 Å². The summed E-state index contributed by atoms with van der Waals surface area (Å²) in [5, 5.41) is 14.2. The van der Waals surface area contributed by atoms with Crippen LogP contribution in [0.1, 0.15) is 17.3 Å². The van der Waals surface area contributed by atoms with Crippen LogP contribution in [-0.2, 0) is 4.74 Å². The second kappa shape index (κ2) is 4.02. The monoisotopic (exact) mass is 240 g/mol. The molecule has 5 nitrogen and oxygen atoms in total. The number of halogens is 1. The Morgan fingerprint density at radius 3 is 3.12 bits per heavy atom. The van der Waals surface area contributed by atoms with Crippen LogP contribution in [0.3, 0.4) is 0 Å². The maximum atomic E-state index is 11.5. The Morgan fingerprint density at radius 1 is 1.69 bits per heavy atom. The van der Waals surface area contributed by atoms with Gasteiger partial charge in [0.25, 0.3) is 0 Å². The van der Waals surface area contributed by atoms with Crippen LogP contribution in [-0.4, -0.2) is 27.3 Å². The largest absolute Gasteiger partial charge is 0.505 e. The highest BCUT2D eigenvalue weighted by Gasteiger charge is 2.16. The molecule has 0 aliphatic heterocycles. The van der Waals surface area contributed by atoms with Crippen molar-refractivity contribution < 1.29 is 14.6 Å². The van der Waals surface area contributed by atoms with Crippen molar-refractivity contribution in [2.24, 2.45) is 0 Å². The third-order valence-electron chi connectivity index (χ3n) is 2.07. The summed E-state index contributed by atoms with van der Waals surface area (Å²) in [5.74, 6) is -0.785. The molecule has 0 unspecified atom stereocenters. The van der Waals surface area contributed by atoms with Gasteiger partial charge in [-0.3, -0.25) is 0 Å². The Hall–Kier alpha value is -1.75. The van der Waals surface area contributed by atoms with Gasteiger partial charge in [0.2, 0.25) is 0 Å². The Labute approximate surface area is 96.2 Å². The molecule has 2 heterocycles. The molecule has 0 aliphatic carbocycles. The minimum Gasteiger partial charge on any atom is -0.505 e. The van der Waals surface area contributed by atoms with Gasteiger partial charge in [0.15, 0.2) is 5.75 Å². The smallest absolute Gasteiger partial charge is 0.343 e. The van der Waals surface area contributed by atoms with Gasteiger partial charge >= 0.3 is 5.97 Å². The molecule has 0 aliphatic rings. The van der Waals surface area contributed by atoms with Crippen LogP contribution >= 0.6 is 11.6 Å². The van der Waals surface area contributed by atoms with Gasteiger partial charge in [-0.2, -0.15) is 5.10 Å². The lowest BCUT2D eigenvalue weighted by Crippen LogP contribution is -2.06. The van der Waals surface area contributed by atoms with Gasteiger partial charge in [-0.05, 0) is 13.0 Å². The Bertz CT molecular complexity index is 550. The zero-order valence-corrected chi connectivity index (χ0v) is 9.23. The average Bonchev–Trinajstić information content (AvgIpc) is 2.60. The first-order chi connectivity index (χ1) is 7.63. The minimum atomic E-state index is -0.604. The van der Waals surface area contributed by atoms with Crippen molar-refractivity contribution in [3.63, 3.8) is 0 Å². The fraction of sp³-hybridized carbons (Fsp3) is 0.200. The van der Waals surface area contributed by atoms with Gasteiger partial charge in [-0.25, -0.2) is 9.31 Å². The number of hydrogen-bond donors (Lipinski definition) is 1. The number of carbonyl (C=O) groups excluding carboxylic acids is 1. The summed E-state index contributed by atoms with van der Waals surface area (Å²) in [4.78, 5) is 11.5. The molecule has 2 rings (SSSR count). The first kappa shape index (κ1) is 10.8. The van der Waals surface area contributed by atoms with E-state index < -0.39 is 5.97 Å². The summed E-state index contributed by atoms with van der Waals surface area (Å²) < 4.78 is 6.17. The molecule has 0 aromatic carbocycles. The molecule has 0 fully saturated rings. The normalized spacial score (nSPS) is 10.6. The van der Waals surface area contributed by atoms with Crippen molar-refractivity contribution in [1.29, 1.82) is 0 Å². The molecule has 16 heavy (non-hydrogen) atoms. The van der Waals surface area contributed by atoms with Gasteiger partial charge in [0, 0.05) is 6.20 Å². The minimum absolute atomic E-state index is 0.0316. The molecule has 0 spiro atoms. The van der Waals surface area contributed by atoms with Crippen LogP contribution < -0.4 is 0 Å². The number of nitrogens with zero attached hydrogens (tertiary/aromatic N) is 2. The van der Waals surface area contributed by atoms with Crippen LogP contribution in [0.25, 0.3) is 5.52 Å². The number of hydrogen-bond acceptors (Lipinski definition) is 4. The predicted molar refractivity (Wildman–Crippen MR) is 57.8 cm³/mol. The van der Waals surface area contributed by atoms with Gasteiger partial charge in [0.05, 0.1) is 17.8 Å². The van der Waals surface area contributed by atoms with E-state index in [2.05, 4.69) is 5.10 Å². The highest BCUT2D eigenvalue weighted by Crippen LogP contribution is 2.26. The molecule has 0 amide bonds. The topological polar surface area (TPSA) is 63.8 Å². The lowest BCUT2D eigenvalue weighted by Gasteiger charge is -2.04. The molecule has 84 valence electrons. The number of aromatic hydroxyl groups is 1. The molecule has 0 bridgehead atoms. The number of aromatic nitrogens is 2. The molecule has 6 heteroatoms. The second-order valence-electron chi connectivity index (χ2n) is 3.12. The lowest BCUT2D eigenvalue weighted by molar-refractivity contribution is 0.0522. The first-order valence-electron chi connectivity index (χ1n) is 4.66. The SMILES string of the molecule is CCOC(=O)c1cnn2cc(Cl)cc2c1O. The van der Waals surface area contributed by atoms with E-state index in [0.717, 1.165) is 0 Å². The second-order valence-corrected chi connectivity index (χ2v) is 3.55. The molecule has 2 aromatic rings. The summed E-state index contributed by atoms with van der Waals surface area (Å²) in [5.41, 5.74) is 0.402. The Kier molecular flexibility index (Phi) is 2.70. The van der Waals surface area contributed by atoms with Crippen LogP contribution in [0.2, 0.25) is 5.02 Å². The summed E-state index contributed by atoms with van der Waals surface area (Å²) in [6.45, 7) is 1.93. The zero-order valence-electron chi connectivity index (χ0n) is 8.48. The van der Waals surface area contributed by atoms with E-state index in [1.165, 1.54) is 23.0 Å². The summed E-state index contributed by atoms with van der Waals surface area (Å²) >= 11 is 5.76. The standard InChI is InChI=1S/C10H9ClN2O3/c1-2-16-10(15)7-4-12-13-5-6(11)3-8(13)9(7)14/h3-5,14H,2H2,1H3. The number of fused-ring (bicyclic) bond motifs is 1. The predicted octanol–water partition coefficient (Wildman–Crippen LogP) is 1.87. The van der Waals surface area contributed by atoms with Gasteiger partial charge in [-0.1, -0.05) is 11.6 Å².